The van der Waals surface area contributed by atoms with Crippen LogP contribution in [0.5, 0.6) is 0 Å². The van der Waals surface area contributed by atoms with E-state index in [0.717, 1.165) is 24.2 Å². The molecule has 1 saturated carbocycles. The van der Waals surface area contributed by atoms with Crippen LogP contribution in [-0.4, -0.2) is 44.3 Å². The lowest BCUT2D eigenvalue weighted by Gasteiger charge is -2.17. The van der Waals surface area contributed by atoms with Crippen LogP contribution in [0.25, 0.3) is 22.6 Å². The second kappa shape index (κ2) is 9.15. The Morgan fingerprint density at radius 2 is 2.03 bits per heavy atom. The van der Waals surface area contributed by atoms with Crippen molar-refractivity contribution in [3.05, 3.63) is 74.6 Å². The van der Waals surface area contributed by atoms with E-state index in [2.05, 4.69) is 25.1 Å². The average Bonchev–Trinajstić information content (AvgIpc) is 3.56. The molecule has 1 aliphatic carbocycles. The molecule has 13 heteroatoms. The van der Waals surface area contributed by atoms with E-state index >= 15 is 0 Å². The van der Waals surface area contributed by atoms with Crippen LogP contribution in [0.3, 0.4) is 0 Å². The van der Waals surface area contributed by atoms with Crippen LogP contribution < -0.4 is 5.56 Å². The van der Waals surface area contributed by atoms with Gasteiger partial charge in [0.2, 0.25) is 11.1 Å². The van der Waals surface area contributed by atoms with E-state index in [1.165, 1.54) is 53.9 Å². The summed E-state index contributed by atoms with van der Waals surface area (Å²) in [6.07, 6.45) is 8.92. The van der Waals surface area contributed by atoms with Gasteiger partial charge >= 0.3 is 0 Å². The fourth-order valence-electron chi connectivity index (χ4n) is 4.55. The van der Waals surface area contributed by atoms with Crippen LogP contribution in [0.1, 0.15) is 49.4 Å². The van der Waals surface area contributed by atoms with Gasteiger partial charge in [-0.1, -0.05) is 43.2 Å². The van der Waals surface area contributed by atoms with Crippen molar-refractivity contribution >= 4 is 34.1 Å². The van der Waals surface area contributed by atoms with Gasteiger partial charge in [0.1, 0.15) is 0 Å². The van der Waals surface area contributed by atoms with Crippen LogP contribution in [-0.2, 0) is 5.75 Å². The van der Waals surface area contributed by atoms with Gasteiger partial charge in [-0.3, -0.25) is 19.5 Å². The van der Waals surface area contributed by atoms with Gasteiger partial charge in [-0.15, -0.1) is 10.2 Å². The molecule has 1 aromatic carbocycles. The molecule has 0 atom stereocenters. The number of nitrogens with zero attached hydrogens (tertiary/aromatic N) is 8. The molecule has 0 saturated heterocycles. The number of nitro groups is 1. The number of nitro benzene ring substituents is 1. The molecule has 6 rings (SSSR count). The summed E-state index contributed by atoms with van der Waals surface area (Å²) >= 11 is 1.31. The van der Waals surface area contributed by atoms with Gasteiger partial charge in [0.25, 0.3) is 17.0 Å². The lowest BCUT2D eigenvalue weighted by atomic mass is 9.89. The van der Waals surface area contributed by atoms with Crippen LogP contribution in [0, 0.1) is 10.1 Å². The van der Waals surface area contributed by atoms with Gasteiger partial charge in [0.15, 0.2) is 5.82 Å². The van der Waals surface area contributed by atoms with Crippen molar-refractivity contribution in [2.75, 3.05) is 0 Å². The molecule has 4 aromatic heterocycles. The van der Waals surface area contributed by atoms with Gasteiger partial charge in [0, 0.05) is 36.2 Å². The molecule has 1 aliphatic rings. The van der Waals surface area contributed by atoms with Gasteiger partial charge in [-0.25, -0.2) is 10.1 Å². The molecule has 0 spiro atoms. The first-order valence-corrected chi connectivity index (χ1v) is 12.6. The third-order valence-electron chi connectivity index (χ3n) is 6.39. The highest BCUT2D eigenvalue weighted by Gasteiger charge is 2.21. The van der Waals surface area contributed by atoms with Gasteiger partial charge < -0.3 is 0 Å². The Kier molecular flexibility index (Phi) is 5.68. The number of pyridine rings is 1. The number of H-pyrrole nitrogens is 1. The molecule has 182 valence electrons. The Labute approximate surface area is 208 Å². The van der Waals surface area contributed by atoms with Crippen molar-refractivity contribution in [1.29, 1.82) is 0 Å². The molecule has 12 nitrogen and oxygen atoms in total. The minimum absolute atomic E-state index is 0.0347. The van der Waals surface area contributed by atoms with Gasteiger partial charge in [0.05, 0.1) is 15.8 Å². The predicted octanol–water partition coefficient (Wildman–Crippen LogP) is 3.79. The third kappa shape index (κ3) is 4.11. The summed E-state index contributed by atoms with van der Waals surface area (Å²) < 4.78 is 3.02. The first kappa shape index (κ1) is 22.3. The van der Waals surface area contributed by atoms with Crippen molar-refractivity contribution in [3.8, 4) is 5.95 Å². The van der Waals surface area contributed by atoms with Crippen LogP contribution >= 0.6 is 11.8 Å². The molecule has 0 amide bonds. The SMILES string of the molecule is O=c1c2cnc3nc(C4CCCCC4)nn3c2ccn1-c1nc(SCc2cccc([N+](=O)[O-])c2)n[nH]1. The zero-order valence-corrected chi connectivity index (χ0v) is 19.9. The number of nitrogens with one attached hydrogen (secondary N) is 1. The van der Waals surface area contributed by atoms with E-state index in [4.69, 9.17) is 5.10 Å². The number of benzene rings is 1. The topological polar surface area (TPSA) is 150 Å². The van der Waals surface area contributed by atoms with Gasteiger partial charge in [-0.05, 0) is 24.5 Å². The lowest BCUT2D eigenvalue weighted by Crippen LogP contribution is -2.20. The summed E-state index contributed by atoms with van der Waals surface area (Å²) in [7, 11) is 0. The standard InChI is InChI=1S/C23H21N9O3S/c33-20-17-12-24-21-25-19(15-6-2-1-3-7-15)29-31(21)18(17)9-10-30(20)22-26-23(28-27-22)36-13-14-5-4-8-16(11-14)32(34)35/h4-5,8-12,15H,1-3,6-7,13H2,(H,26,27,28). The zero-order chi connectivity index (χ0) is 24.6. The van der Waals surface area contributed by atoms with E-state index in [-0.39, 0.29) is 17.2 Å². The molecule has 0 radical (unpaired) electrons. The molecule has 1 fully saturated rings. The zero-order valence-electron chi connectivity index (χ0n) is 19.1. The number of aromatic amines is 1. The minimum Gasteiger partial charge on any atom is -0.268 e. The molecular weight excluding hydrogens is 482 g/mol. The maximum absolute atomic E-state index is 13.3. The fourth-order valence-corrected chi connectivity index (χ4v) is 5.29. The average molecular weight is 504 g/mol. The monoisotopic (exact) mass is 503 g/mol. The first-order valence-electron chi connectivity index (χ1n) is 11.6. The number of non-ortho nitro benzene ring substituents is 1. The van der Waals surface area contributed by atoms with E-state index in [9.17, 15) is 14.9 Å². The smallest absolute Gasteiger partial charge is 0.268 e. The number of rotatable bonds is 6. The molecular formula is C23H21N9O3S. The Bertz CT molecular complexity index is 1650. The highest BCUT2D eigenvalue weighted by atomic mass is 32.2. The molecule has 5 aromatic rings. The second-order valence-electron chi connectivity index (χ2n) is 8.72. The lowest BCUT2D eigenvalue weighted by molar-refractivity contribution is -0.384. The van der Waals surface area contributed by atoms with E-state index < -0.39 is 4.92 Å². The molecule has 4 heterocycles. The number of hydrogen-bond acceptors (Lipinski definition) is 9. The van der Waals surface area contributed by atoms with Gasteiger partial charge in [-0.2, -0.15) is 14.5 Å². The first-order chi connectivity index (χ1) is 17.6. The maximum Gasteiger partial charge on any atom is 0.269 e. The van der Waals surface area contributed by atoms with E-state index in [1.54, 1.807) is 28.9 Å². The fraction of sp³-hybridized carbons (Fsp3) is 0.304. The summed E-state index contributed by atoms with van der Waals surface area (Å²) in [6.45, 7) is 0. The molecule has 36 heavy (non-hydrogen) atoms. The number of thioether (sulfide) groups is 1. The van der Waals surface area contributed by atoms with Crippen molar-refractivity contribution in [2.45, 2.75) is 48.9 Å². The maximum atomic E-state index is 13.3. The summed E-state index contributed by atoms with van der Waals surface area (Å²) in [5.41, 5.74) is 1.14. The second-order valence-corrected chi connectivity index (χ2v) is 9.66. The Morgan fingerprint density at radius 1 is 1.17 bits per heavy atom. The van der Waals surface area contributed by atoms with Crippen LogP contribution in [0.2, 0.25) is 0 Å². The summed E-state index contributed by atoms with van der Waals surface area (Å²) in [6, 6.07) is 8.21. The number of hydrogen-bond donors (Lipinski definition) is 1. The number of aromatic nitrogens is 8. The van der Waals surface area contributed by atoms with Crippen LogP contribution in [0.15, 0.2) is 52.7 Å². The Hall–Kier alpha value is -4.13. The Morgan fingerprint density at radius 3 is 2.86 bits per heavy atom. The summed E-state index contributed by atoms with van der Waals surface area (Å²) in [5, 5.41) is 23.5. The van der Waals surface area contributed by atoms with Crippen molar-refractivity contribution in [3.63, 3.8) is 0 Å². The Balaban J connectivity index is 1.27. The molecule has 0 unspecified atom stereocenters. The van der Waals surface area contributed by atoms with Crippen LogP contribution in [0.4, 0.5) is 5.69 Å². The minimum atomic E-state index is -0.427. The van der Waals surface area contributed by atoms with Crippen molar-refractivity contribution in [2.24, 2.45) is 0 Å². The summed E-state index contributed by atoms with van der Waals surface area (Å²) in [4.78, 5) is 37.3. The molecule has 0 aliphatic heterocycles. The summed E-state index contributed by atoms with van der Waals surface area (Å²) in [5.74, 6) is 2.33. The van der Waals surface area contributed by atoms with E-state index in [1.807, 2.05) is 0 Å². The third-order valence-corrected chi connectivity index (χ3v) is 7.31. The molecule has 1 N–H and O–H groups in total. The largest absolute Gasteiger partial charge is 0.269 e. The highest BCUT2D eigenvalue weighted by Crippen LogP contribution is 2.31. The molecule has 0 bridgehead atoms. The predicted molar refractivity (Wildman–Crippen MR) is 132 cm³/mol. The normalized spacial score (nSPS) is 14.6. The number of fused-ring (bicyclic) bond motifs is 3. The highest BCUT2D eigenvalue weighted by molar-refractivity contribution is 7.98. The quantitative estimate of drug-likeness (QED) is 0.207. The van der Waals surface area contributed by atoms with Crippen molar-refractivity contribution < 1.29 is 4.92 Å². The van der Waals surface area contributed by atoms with E-state index in [0.29, 0.717) is 33.5 Å². The van der Waals surface area contributed by atoms with Crippen molar-refractivity contribution in [1.82, 2.24) is 39.3 Å².